The van der Waals surface area contributed by atoms with E-state index >= 15 is 0 Å². The third-order valence-electron chi connectivity index (χ3n) is 3.29. The van der Waals surface area contributed by atoms with E-state index in [1.54, 1.807) is 11.8 Å². The normalized spacial score (nSPS) is 19.1. The predicted octanol–water partition coefficient (Wildman–Crippen LogP) is 3.48. The average Bonchev–Trinajstić information content (AvgIpc) is 2.95. The summed E-state index contributed by atoms with van der Waals surface area (Å²) in [6.45, 7) is 2.02. The van der Waals surface area contributed by atoms with E-state index in [1.165, 1.54) is 6.42 Å². The molecule has 1 aromatic carbocycles. The van der Waals surface area contributed by atoms with Gasteiger partial charge in [0.1, 0.15) is 0 Å². The zero-order valence-electron chi connectivity index (χ0n) is 11.0. The van der Waals surface area contributed by atoms with Gasteiger partial charge < -0.3 is 9.84 Å². The lowest BCUT2D eigenvalue weighted by molar-refractivity contribution is 0.320. The quantitative estimate of drug-likeness (QED) is 0.876. The maximum absolute atomic E-state index is 5.96. The lowest BCUT2D eigenvalue weighted by atomic mass is 10.00. The number of nitrogens with one attached hydrogen (secondary N) is 1. The van der Waals surface area contributed by atoms with Crippen molar-refractivity contribution < 1.29 is 4.52 Å². The number of nitrogens with zero attached hydrogens (tertiary/aromatic N) is 2. The molecule has 0 aliphatic carbocycles. The number of hydrogen-bond donors (Lipinski definition) is 1. The molecule has 1 aliphatic heterocycles. The van der Waals surface area contributed by atoms with Gasteiger partial charge in [-0.15, -0.1) is 11.8 Å². The van der Waals surface area contributed by atoms with E-state index in [2.05, 4.69) is 15.5 Å². The van der Waals surface area contributed by atoms with Crippen LogP contribution in [-0.4, -0.2) is 23.2 Å². The predicted molar refractivity (Wildman–Crippen MR) is 80.2 cm³/mol. The number of halogens is 1. The van der Waals surface area contributed by atoms with Gasteiger partial charge in [-0.1, -0.05) is 22.8 Å². The summed E-state index contributed by atoms with van der Waals surface area (Å²) in [5.41, 5.74) is 0. The molecule has 2 heterocycles. The van der Waals surface area contributed by atoms with Gasteiger partial charge in [0.05, 0.1) is 11.7 Å². The number of benzene rings is 1. The molecular weight excluding hydrogens is 294 g/mol. The molecule has 0 radical (unpaired) electrons. The van der Waals surface area contributed by atoms with Gasteiger partial charge in [0.15, 0.2) is 5.82 Å². The summed E-state index contributed by atoms with van der Waals surface area (Å²) >= 11 is 7.62. The van der Waals surface area contributed by atoms with E-state index < -0.39 is 0 Å². The molecule has 1 N–H and O–H groups in total. The van der Waals surface area contributed by atoms with Gasteiger partial charge in [0, 0.05) is 16.5 Å². The van der Waals surface area contributed by atoms with Crippen molar-refractivity contribution in [2.75, 3.05) is 13.1 Å². The highest BCUT2D eigenvalue weighted by Crippen LogP contribution is 2.26. The molecule has 20 heavy (non-hydrogen) atoms. The number of aromatic nitrogens is 2. The van der Waals surface area contributed by atoms with Gasteiger partial charge in [0.2, 0.25) is 5.89 Å². The molecule has 1 atom stereocenters. The molecule has 1 aliphatic rings. The number of rotatable bonds is 4. The summed E-state index contributed by atoms with van der Waals surface area (Å²) in [6.07, 6.45) is 2.29. The van der Waals surface area contributed by atoms with Crippen LogP contribution in [0, 0.1) is 0 Å². The van der Waals surface area contributed by atoms with E-state index in [-0.39, 0.29) is 0 Å². The maximum Gasteiger partial charge on any atom is 0.231 e. The summed E-state index contributed by atoms with van der Waals surface area (Å²) in [4.78, 5) is 5.61. The minimum Gasteiger partial charge on any atom is -0.339 e. The fraction of sp³-hybridized carbons (Fsp3) is 0.429. The second kappa shape index (κ2) is 6.61. The van der Waals surface area contributed by atoms with Crippen LogP contribution in [0.4, 0.5) is 0 Å². The van der Waals surface area contributed by atoms with Gasteiger partial charge in [-0.3, -0.25) is 0 Å². The molecule has 0 bridgehead atoms. The Morgan fingerprint density at radius 1 is 1.45 bits per heavy atom. The van der Waals surface area contributed by atoms with Crippen molar-refractivity contribution in [3.63, 3.8) is 0 Å². The van der Waals surface area contributed by atoms with Crippen LogP contribution in [0.25, 0.3) is 0 Å². The Morgan fingerprint density at radius 2 is 2.40 bits per heavy atom. The highest BCUT2D eigenvalue weighted by atomic mass is 35.5. The molecule has 2 aromatic rings. The summed E-state index contributed by atoms with van der Waals surface area (Å²) in [5.74, 6) is 2.57. The number of thioether (sulfide) groups is 1. The van der Waals surface area contributed by atoms with Crippen LogP contribution in [0.1, 0.15) is 30.5 Å². The fourth-order valence-electron chi connectivity index (χ4n) is 2.26. The smallest absolute Gasteiger partial charge is 0.231 e. The van der Waals surface area contributed by atoms with Crippen LogP contribution in [-0.2, 0) is 5.75 Å². The third-order valence-corrected chi connectivity index (χ3v) is 4.52. The summed E-state index contributed by atoms with van der Waals surface area (Å²) in [5, 5.41) is 8.17. The molecule has 0 spiro atoms. The van der Waals surface area contributed by atoms with Crippen LogP contribution < -0.4 is 5.32 Å². The van der Waals surface area contributed by atoms with Crippen LogP contribution in [0.3, 0.4) is 0 Å². The molecule has 3 rings (SSSR count). The molecule has 0 amide bonds. The lowest BCUT2D eigenvalue weighted by Crippen LogP contribution is -2.28. The Bertz CT molecular complexity index is 569. The first-order valence-electron chi connectivity index (χ1n) is 6.73. The van der Waals surface area contributed by atoms with Crippen molar-refractivity contribution in [2.24, 2.45) is 0 Å². The Hall–Kier alpha value is -1.04. The van der Waals surface area contributed by atoms with E-state index in [1.807, 2.05) is 24.3 Å². The summed E-state index contributed by atoms with van der Waals surface area (Å²) < 4.78 is 5.38. The summed E-state index contributed by atoms with van der Waals surface area (Å²) in [6, 6.07) is 7.79. The first-order valence-corrected chi connectivity index (χ1v) is 8.09. The topological polar surface area (TPSA) is 51.0 Å². The molecule has 106 valence electrons. The van der Waals surface area contributed by atoms with Crippen LogP contribution in [0.5, 0.6) is 0 Å². The van der Waals surface area contributed by atoms with Gasteiger partial charge >= 0.3 is 0 Å². The zero-order chi connectivity index (χ0) is 13.8. The standard InChI is InChI=1S/C14H16ClN3OS/c15-11-4-1-5-12(7-11)20-9-13-17-14(19-18-13)10-3-2-6-16-8-10/h1,4-5,7,10,16H,2-3,6,8-9H2/t10-/m0/s1. The fourth-order valence-corrected chi connectivity index (χ4v) is 3.31. The monoisotopic (exact) mass is 309 g/mol. The zero-order valence-corrected chi connectivity index (χ0v) is 12.6. The van der Waals surface area contributed by atoms with Gasteiger partial charge in [-0.05, 0) is 37.6 Å². The minimum absolute atomic E-state index is 0.362. The highest BCUT2D eigenvalue weighted by molar-refractivity contribution is 7.98. The molecule has 4 nitrogen and oxygen atoms in total. The van der Waals surface area contributed by atoms with Crippen molar-refractivity contribution in [1.29, 1.82) is 0 Å². The molecule has 1 aromatic heterocycles. The van der Waals surface area contributed by atoms with Gasteiger partial charge in [0.25, 0.3) is 0 Å². The molecule has 1 fully saturated rings. The van der Waals surface area contributed by atoms with E-state index in [9.17, 15) is 0 Å². The van der Waals surface area contributed by atoms with Crippen molar-refractivity contribution in [2.45, 2.75) is 29.4 Å². The largest absolute Gasteiger partial charge is 0.339 e. The Labute approximate surface area is 127 Å². The Balaban J connectivity index is 1.59. The van der Waals surface area contributed by atoms with Gasteiger partial charge in [-0.2, -0.15) is 4.98 Å². The van der Waals surface area contributed by atoms with Gasteiger partial charge in [-0.25, -0.2) is 0 Å². The van der Waals surface area contributed by atoms with Crippen molar-refractivity contribution in [3.05, 3.63) is 41.0 Å². The van der Waals surface area contributed by atoms with Crippen LogP contribution in [0.2, 0.25) is 5.02 Å². The second-order valence-electron chi connectivity index (χ2n) is 4.84. The Morgan fingerprint density at radius 3 is 3.20 bits per heavy atom. The molecule has 6 heteroatoms. The number of piperidine rings is 1. The lowest BCUT2D eigenvalue weighted by Gasteiger charge is -2.18. The van der Waals surface area contributed by atoms with Crippen LogP contribution >= 0.6 is 23.4 Å². The highest BCUT2D eigenvalue weighted by Gasteiger charge is 2.21. The molecular formula is C14H16ClN3OS. The van der Waals surface area contributed by atoms with Crippen molar-refractivity contribution in [3.8, 4) is 0 Å². The molecule has 0 unspecified atom stereocenters. The van der Waals surface area contributed by atoms with E-state index in [4.69, 9.17) is 16.1 Å². The summed E-state index contributed by atoms with van der Waals surface area (Å²) in [7, 11) is 0. The Kier molecular flexibility index (Phi) is 4.60. The van der Waals surface area contributed by atoms with Crippen molar-refractivity contribution in [1.82, 2.24) is 15.5 Å². The third kappa shape index (κ3) is 3.53. The SMILES string of the molecule is Clc1cccc(SCc2noc([C@H]3CCCNC3)n2)c1. The molecule has 1 saturated heterocycles. The minimum atomic E-state index is 0.362. The van der Waals surface area contributed by atoms with E-state index in [0.717, 1.165) is 41.1 Å². The van der Waals surface area contributed by atoms with E-state index in [0.29, 0.717) is 11.7 Å². The molecule has 0 saturated carbocycles. The van der Waals surface area contributed by atoms with Crippen molar-refractivity contribution >= 4 is 23.4 Å². The van der Waals surface area contributed by atoms with Crippen LogP contribution in [0.15, 0.2) is 33.7 Å². The maximum atomic E-state index is 5.96. The average molecular weight is 310 g/mol. The first-order chi connectivity index (χ1) is 9.81. The second-order valence-corrected chi connectivity index (χ2v) is 6.32. The number of hydrogen-bond acceptors (Lipinski definition) is 5. The first kappa shape index (κ1) is 13.9.